The van der Waals surface area contributed by atoms with Crippen molar-refractivity contribution < 1.29 is 13.2 Å². The number of benzene rings is 3. The molecule has 0 aliphatic carbocycles. The van der Waals surface area contributed by atoms with E-state index in [0.717, 1.165) is 22.3 Å². The van der Waals surface area contributed by atoms with Crippen molar-refractivity contribution in [2.75, 3.05) is 10.8 Å². The Kier molecular flexibility index (Phi) is 7.36. The number of nitrogens with one attached hydrogen (secondary N) is 1. The van der Waals surface area contributed by atoms with Crippen LogP contribution in [0.4, 0.5) is 5.69 Å². The van der Waals surface area contributed by atoms with E-state index in [0.29, 0.717) is 12.1 Å². The summed E-state index contributed by atoms with van der Waals surface area (Å²) in [5, 5.41) is 3.00. The van der Waals surface area contributed by atoms with Crippen LogP contribution in [0.2, 0.25) is 0 Å². The molecule has 0 unspecified atom stereocenters. The van der Waals surface area contributed by atoms with Gasteiger partial charge in [0.25, 0.3) is 10.0 Å². The fourth-order valence-electron chi connectivity index (χ4n) is 3.60. The van der Waals surface area contributed by atoms with Crippen LogP contribution in [-0.4, -0.2) is 20.9 Å². The third-order valence-corrected chi connectivity index (χ3v) is 7.25. The Morgan fingerprint density at radius 3 is 2.16 bits per heavy atom. The van der Waals surface area contributed by atoms with E-state index in [1.165, 1.54) is 4.31 Å². The average molecular weight is 451 g/mol. The van der Waals surface area contributed by atoms with Crippen molar-refractivity contribution in [3.63, 3.8) is 0 Å². The van der Waals surface area contributed by atoms with Crippen LogP contribution in [0, 0.1) is 20.8 Å². The molecule has 1 amide bonds. The number of aryl methyl sites for hydroxylation is 3. The fraction of sp³-hybridized carbons (Fsp3) is 0.269. The molecule has 0 spiro atoms. The van der Waals surface area contributed by atoms with Gasteiger partial charge in [0, 0.05) is 0 Å². The molecule has 6 heteroatoms. The maximum absolute atomic E-state index is 13.6. The molecule has 3 rings (SSSR count). The van der Waals surface area contributed by atoms with Gasteiger partial charge in [0.2, 0.25) is 5.91 Å². The highest BCUT2D eigenvalue weighted by molar-refractivity contribution is 7.92. The molecule has 168 valence electrons. The minimum Gasteiger partial charge on any atom is -0.348 e. The lowest BCUT2D eigenvalue weighted by Gasteiger charge is -2.27. The van der Waals surface area contributed by atoms with E-state index >= 15 is 0 Å². The zero-order chi connectivity index (χ0) is 23.3. The Morgan fingerprint density at radius 1 is 0.906 bits per heavy atom. The van der Waals surface area contributed by atoms with Gasteiger partial charge in [0.05, 0.1) is 16.6 Å². The molecule has 0 fully saturated rings. The van der Waals surface area contributed by atoms with E-state index in [1.807, 2.05) is 76.2 Å². The summed E-state index contributed by atoms with van der Waals surface area (Å²) in [4.78, 5) is 13.2. The van der Waals surface area contributed by atoms with Crippen LogP contribution in [-0.2, 0) is 14.8 Å². The molecular weight excluding hydrogens is 420 g/mol. The number of amides is 1. The second kappa shape index (κ2) is 10.0. The van der Waals surface area contributed by atoms with Crippen molar-refractivity contribution in [1.29, 1.82) is 0 Å². The number of carbonyl (C=O) groups excluding carboxylic acids is 1. The van der Waals surface area contributed by atoms with Crippen molar-refractivity contribution in [1.82, 2.24) is 5.32 Å². The maximum atomic E-state index is 13.6. The van der Waals surface area contributed by atoms with Crippen LogP contribution in [0.25, 0.3) is 0 Å². The zero-order valence-corrected chi connectivity index (χ0v) is 19.8. The summed E-state index contributed by atoms with van der Waals surface area (Å²) in [5.74, 6) is -0.350. The molecule has 0 aliphatic rings. The predicted molar refractivity (Wildman–Crippen MR) is 129 cm³/mol. The SMILES string of the molecule is CC[C@@H](NC(=O)CN(c1cc(C)ccc1C)S(=O)(=O)c1ccc(C)cc1)c1ccccc1. The lowest BCUT2D eigenvalue weighted by atomic mass is 10.0. The second-order valence-electron chi connectivity index (χ2n) is 8.05. The minimum atomic E-state index is -3.94. The van der Waals surface area contributed by atoms with Gasteiger partial charge in [0.1, 0.15) is 6.54 Å². The molecule has 0 aromatic heterocycles. The monoisotopic (exact) mass is 450 g/mol. The lowest BCUT2D eigenvalue weighted by molar-refractivity contribution is -0.120. The van der Waals surface area contributed by atoms with Gasteiger partial charge in [0.15, 0.2) is 0 Å². The van der Waals surface area contributed by atoms with Gasteiger partial charge in [-0.2, -0.15) is 0 Å². The summed E-state index contributed by atoms with van der Waals surface area (Å²) in [6.07, 6.45) is 0.698. The summed E-state index contributed by atoms with van der Waals surface area (Å²) >= 11 is 0. The smallest absolute Gasteiger partial charge is 0.264 e. The Morgan fingerprint density at radius 2 is 1.53 bits per heavy atom. The van der Waals surface area contributed by atoms with Crippen molar-refractivity contribution >= 4 is 21.6 Å². The molecule has 0 aliphatic heterocycles. The number of rotatable bonds is 8. The highest BCUT2D eigenvalue weighted by atomic mass is 32.2. The molecule has 0 saturated heterocycles. The predicted octanol–water partition coefficient (Wildman–Crippen LogP) is 5.07. The summed E-state index contributed by atoms with van der Waals surface area (Å²) < 4.78 is 28.4. The summed E-state index contributed by atoms with van der Waals surface area (Å²) in [5.41, 5.74) is 4.17. The first-order valence-corrected chi connectivity index (χ1v) is 12.2. The first kappa shape index (κ1) is 23.5. The van der Waals surface area contributed by atoms with Gasteiger partial charge < -0.3 is 5.32 Å². The van der Waals surface area contributed by atoms with Crippen LogP contribution >= 0.6 is 0 Å². The van der Waals surface area contributed by atoms with Crippen molar-refractivity contribution in [3.05, 3.63) is 95.1 Å². The third kappa shape index (κ3) is 5.37. The van der Waals surface area contributed by atoms with Crippen LogP contribution in [0.15, 0.2) is 77.7 Å². The minimum absolute atomic E-state index is 0.159. The maximum Gasteiger partial charge on any atom is 0.264 e. The molecule has 5 nitrogen and oxygen atoms in total. The van der Waals surface area contributed by atoms with Gasteiger partial charge in [-0.1, -0.05) is 67.1 Å². The molecule has 0 heterocycles. The average Bonchev–Trinajstić information content (AvgIpc) is 2.78. The largest absolute Gasteiger partial charge is 0.348 e. The van der Waals surface area contributed by atoms with E-state index in [9.17, 15) is 13.2 Å². The number of sulfonamides is 1. The quantitative estimate of drug-likeness (QED) is 0.521. The van der Waals surface area contributed by atoms with E-state index in [2.05, 4.69) is 5.32 Å². The fourth-order valence-corrected chi connectivity index (χ4v) is 5.08. The molecule has 1 N–H and O–H groups in total. The summed E-state index contributed by atoms with van der Waals surface area (Å²) in [6, 6.07) is 21.8. The Bertz CT molecular complexity index is 1170. The Balaban J connectivity index is 1.96. The normalized spacial score (nSPS) is 12.2. The van der Waals surface area contributed by atoms with Crippen LogP contribution in [0.5, 0.6) is 0 Å². The van der Waals surface area contributed by atoms with Crippen molar-refractivity contribution in [2.24, 2.45) is 0 Å². The van der Waals surface area contributed by atoms with Crippen LogP contribution < -0.4 is 9.62 Å². The van der Waals surface area contributed by atoms with Crippen LogP contribution in [0.3, 0.4) is 0 Å². The van der Waals surface area contributed by atoms with Gasteiger partial charge in [-0.15, -0.1) is 0 Å². The van der Waals surface area contributed by atoms with Crippen molar-refractivity contribution in [2.45, 2.75) is 45.1 Å². The Hall–Kier alpha value is -3.12. The molecule has 3 aromatic carbocycles. The van der Waals surface area contributed by atoms with E-state index in [-0.39, 0.29) is 23.4 Å². The Labute approximate surface area is 191 Å². The summed E-state index contributed by atoms with van der Waals surface area (Å²) in [6.45, 7) is 7.35. The number of nitrogens with zero attached hydrogens (tertiary/aromatic N) is 1. The molecule has 1 atom stereocenters. The topological polar surface area (TPSA) is 66.5 Å². The number of anilines is 1. The number of hydrogen-bond donors (Lipinski definition) is 1. The summed E-state index contributed by atoms with van der Waals surface area (Å²) in [7, 11) is -3.94. The first-order chi connectivity index (χ1) is 15.2. The van der Waals surface area contributed by atoms with Gasteiger partial charge in [-0.25, -0.2) is 8.42 Å². The molecule has 0 saturated carbocycles. The highest BCUT2D eigenvalue weighted by Crippen LogP contribution is 2.28. The van der Waals surface area contributed by atoms with Gasteiger partial charge in [-0.05, 0) is 62.1 Å². The molecule has 32 heavy (non-hydrogen) atoms. The van der Waals surface area contributed by atoms with E-state index < -0.39 is 10.0 Å². The standard InChI is InChI=1S/C26H30N2O3S/c1-5-24(22-9-7-6-8-10-22)27-26(29)18-28(25-17-20(3)11-14-21(25)4)32(30,31)23-15-12-19(2)13-16-23/h6-17,24H,5,18H2,1-4H3,(H,27,29)/t24-/m1/s1. The van der Waals surface area contributed by atoms with Gasteiger partial charge >= 0.3 is 0 Å². The third-order valence-electron chi connectivity index (χ3n) is 5.47. The van der Waals surface area contributed by atoms with E-state index in [4.69, 9.17) is 0 Å². The zero-order valence-electron chi connectivity index (χ0n) is 19.0. The van der Waals surface area contributed by atoms with Crippen LogP contribution in [0.1, 0.15) is 41.6 Å². The number of hydrogen-bond acceptors (Lipinski definition) is 3. The lowest BCUT2D eigenvalue weighted by Crippen LogP contribution is -2.42. The van der Waals surface area contributed by atoms with E-state index in [1.54, 1.807) is 24.3 Å². The second-order valence-corrected chi connectivity index (χ2v) is 9.92. The molecule has 3 aromatic rings. The highest BCUT2D eigenvalue weighted by Gasteiger charge is 2.29. The first-order valence-electron chi connectivity index (χ1n) is 10.7. The number of carbonyl (C=O) groups is 1. The molecular formula is C26H30N2O3S. The molecule has 0 radical (unpaired) electrons. The van der Waals surface area contributed by atoms with Crippen molar-refractivity contribution in [3.8, 4) is 0 Å². The van der Waals surface area contributed by atoms with Gasteiger partial charge in [-0.3, -0.25) is 9.10 Å². The molecule has 0 bridgehead atoms.